The Balaban J connectivity index is 1.85. The van der Waals surface area contributed by atoms with E-state index < -0.39 is 15.9 Å². The largest absolute Gasteiger partial charge is 0.346 e. The highest BCUT2D eigenvalue weighted by atomic mass is 32.2. The summed E-state index contributed by atoms with van der Waals surface area (Å²) in [5.74, 6) is -0.771. The Hall–Kier alpha value is -3.19. The number of aryl methyl sites for hydroxylation is 2. The Kier molecular flexibility index (Phi) is 6.45. The first-order chi connectivity index (χ1) is 14.6. The van der Waals surface area contributed by atoms with Crippen molar-refractivity contribution in [1.29, 1.82) is 0 Å². The van der Waals surface area contributed by atoms with Crippen LogP contribution in [0, 0.1) is 26.6 Å². The van der Waals surface area contributed by atoms with E-state index in [2.05, 4.69) is 10.0 Å². The Bertz CT molecular complexity index is 1220. The van der Waals surface area contributed by atoms with Crippen molar-refractivity contribution in [3.8, 4) is 0 Å². The minimum absolute atomic E-state index is 0.0375. The number of carbonyl (C=O) groups excluding carboxylic acids is 1. The van der Waals surface area contributed by atoms with Gasteiger partial charge in [0.05, 0.1) is 16.6 Å². The highest BCUT2D eigenvalue weighted by Gasteiger charge is 2.21. The third kappa shape index (κ3) is 5.11. The van der Waals surface area contributed by atoms with Crippen LogP contribution in [0.25, 0.3) is 0 Å². The van der Waals surface area contributed by atoms with E-state index >= 15 is 0 Å². The SMILES string of the molecule is Cc1ccc(C(=O)N[C@@H](C)c2ccc(F)cc2)cc1S(=O)(=O)Nc1cccc(C)c1C. The molecule has 0 spiro atoms. The van der Waals surface area contributed by atoms with E-state index in [4.69, 9.17) is 0 Å². The quantitative estimate of drug-likeness (QED) is 0.564. The summed E-state index contributed by atoms with van der Waals surface area (Å²) in [6.07, 6.45) is 0. The van der Waals surface area contributed by atoms with Gasteiger partial charge in [-0.1, -0.05) is 30.3 Å². The molecule has 0 fully saturated rings. The summed E-state index contributed by atoms with van der Waals surface area (Å²) >= 11 is 0. The lowest BCUT2D eigenvalue weighted by atomic mass is 10.1. The van der Waals surface area contributed by atoms with Crippen LogP contribution in [0.3, 0.4) is 0 Å². The molecule has 162 valence electrons. The van der Waals surface area contributed by atoms with E-state index in [-0.39, 0.29) is 22.3 Å². The first kappa shape index (κ1) is 22.5. The first-order valence-corrected chi connectivity index (χ1v) is 11.3. The van der Waals surface area contributed by atoms with Crippen LogP contribution >= 0.6 is 0 Å². The Morgan fingerprint density at radius 2 is 1.61 bits per heavy atom. The molecule has 3 rings (SSSR count). The highest BCUT2D eigenvalue weighted by molar-refractivity contribution is 7.92. The number of hydrogen-bond acceptors (Lipinski definition) is 3. The first-order valence-electron chi connectivity index (χ1n) is 9.84. The molecule has 0 saturated carbocycles. The highest BCUT2D eigenvalue weighted by Crippen LogP contribution is 2.25. The zero-order chi connectivity index (χ0) is 22.8. The van der Waals surface area contributed by atoms with Crippen LogP contribution in [0.5, 0.6) is 0 Å². The second-order valence-corrected chi connectivity index (χ2v) is 9.23. The van der Waals surface area contributed by atoms with E-state index in [1.54, 1.807) is 50.2 Å². The molecule has 0 aliphatic carbocycles. The summed E-state index contributed by atoms with van der Waals surface area (Å²) < 4.78 is 41.9. The lowest BCUT2D eigenvalue weighted by molar-refractivity contribution is 0.0939. The predicted octanol–water partition coefficient (Wildman–Crippen LogP) is 5.04. The molecule has 3 aromatic rings. The van der Waals surface area contributed by atoms with Gasteiger partial charge >= 0.3 is 0 Å². The molecule has 0 radical (unpaired) electrons. The van der Waals surface area contributed by atoms with Crippen LogP contribution in [-0.2, 0) is 10.0 Å². The average molecular weight is 441 g/mol. The van der Waals surface area contributed by atoms with Crippen molar-refractivity contribution < 1.29 is 17.6 Å². The Morgan fingerprint density at radius 3 is 2.29 bits per heavy atom. The second-order valence-electron chi connectivity index (χ2n) is 7.58. The van der Waals surface area contributed by atoms with Crippen molar-refractivity contribution in [1.82, 2.24) is 5.32 Å². The molecule has 0 aliphatic heterocycles. The average Bonchev–Trinajstić information content (AvgIpc) is 2.72. The molecule has 5 nitrogen and oxygen atoms in total. The summed E-state index contributed by atoms with van der Waals surface area (Å²) in [7, 11) is -3.90. The molecule has 0 saturated heterocycles. The van der Waals surface area contributed by atoms with E-state index in [0.717, 1.165) is 16.7 Å². The lowest BCUT2D eigenvalue weighted by Crippen LogP contribution is -2.27. The molecular formula is C24H25FN2O3S. The number of nitrogens with one attached hydrogen (secondary N) is 2. The van der Waals surface area contributed by atoms with Crippen LogP contribution in [-0.4, -0.2) is 14.3 Å². The number of hydrogen-bond donors (Lipinski definition) is 2. The molecule has 0 bridgehead atoms. The van der Waals surface area contributed by atoms with Crippen molar-refractivity contribution >= 4 is 21.6 Å². The molecule has 3 aromatic carbocycles. The molecule has 1 atom stereocenters. The molecule has 0 heterocycles. The number of rotatable bonds is 6. The van der Waals surface area contributed by atoms with Gasteiger partial charge in [-0.2, -0.15) is 0 Å². The Morgan fingerprint density at radius 1 is 0.935 bits per heavy atom. The maximum Gasteiger partial charge on any atom is 0.262 e. The maximum atomic E-state index is 13.1. The van der Waals surface area contributed by atoms with Crippen LogP contribution in [0.2, 0.25) is 0 Å². The lowest BCUT2D eigenvalue weighted by Gasteiger charge is -2.16. The van der Waals surface area contributed by atoms with Gasteiger partial charge in [0.2, 0.25) is 0 Å². The summed E-state index contributed by atoms with van der Waals surface area (Å²) in [6.45, 7) is 7.21. The number of anilines is 1. The van der Waals surface area contributed by atoms with Crippen molar-refractivity contribution in [2.75, 3.05) is 4.72 Å². The van der Waals surface area contributed by atoms with Gasteiger partial charge in [0.1, 0.15) is 5.82 Å². The van der Waals surface area contributed by atoms with Gasteiger partial charge in [0.15, 0.2) is 0 Å². The smallest absolute Gasteiger partial charge is 0.262 e. The van der Waals surface area contributed by atoms with Gasteiger partial charge in [0.25, 0.3) is 15.9 Å². The van der Waals surface area contributed by atoms with E-state index in [1.165, 1.54) is 18.2 Å². The normalized spacial score (nSPS) is 12.3. The molecule has 0 unspecified atom stereocenters. The summed E-state index contributed by atoms with van der Waals surface area (Å²) in [6, 6.07) is 15.4. The van der Waals surface area contributed by atoms with E-state index in [9.17, 15) is 17.6 Å². The molecule has 2 N–H and O–H groups in total. The van der Waals surface area contributed by atoms with Gasteiger partial charge in [-0.15, -0.1) is 0 Å². The van der Waals surface area contributed by atoms with Gasteiger partial charge in [0, 0.05) is 5.56 Å². The number of sulfonamides is 1. The Labute approximate surface area is 182 Å². The van der Waals surface area contributed by atoms with Crippen LogP contribution < -0.4 is 10.0 Å². The fourth-order valence-corrected chi connectivity index (χ4v) is 4.60. The van der Waals surface area contributed by atoms with Gasteiger partial charge < -0.3 is 5.32 Å². The zero-order valence-corrected chi connectivity index (χ0v) is 18.7. The number of amides is 1. The molecule has 1 amide bonds. The number of carbonyl (C=O) groups is 1. The number of halogens is 1. The van der Waals surface area contributed by atoms with Gasteiger partial charge in [-0.25, -0.2) is 12.8 Å². The summed E-state index contributed by atoms with van der Waals surface area (Å²) in [5.41, 5.74) is 3.80. The topological polar surface area (TPSA) is 75.3 Å². The fraction of sp³-hybridized carbons (Fsp3) is 0.208. The van der Waals surface area contributed by atoms with Crippen molar-refractivity contribution in [2.24, 2.45) is 0 Å². The second kappa shape index (κ2) is 8.89. The van der Waals surface area contributed by atoms with E-state index in [0.29, 0.717) is 11.3 Å². The number of benzene rings is 3. The minimum Gasteiger partial charge on any atom is -0.346 e. The van der Waals surface area contributed by atoms with Crippen molar-refractivity contribution in [3.05, 3.63) is 94.3 Å². The van der Waals surface area contributed by atoms with Crippen LogP contribution in [0.1, 0.15) is 45.6 Å². The minimum atomic E-state index is -3.90. The van der Waals surface area contributed by atoms with Crippen molar-refractivity contribution in [3.63, 3.8) is 0 Å². The maximum absolute atomic E-state index is 13.1. The zero-order valence-electron chi connectivity index (χ0n) is 17.9. The van der Waals surface area contributed by atoms with Crippen molar-refractivity contribution in [2.45, 2.75) is 38.6 Å². The third-order valence-electron chi connectivity index (χ3n) is 5.31. The monoisotopic (exact) mass is 440 g/mol. The molecule has 31 heavy (non-hydrogen) atoms. The standard InChI is InChI=1S/C24H25FN2O3S/c1-15-6-5-7-22(17(15)3)27-31(29,30)23-14-20(9-8-16(23)2)24(28)26-18(4)19-10-12-21(25)13-11-19/h5-14,18,27H,1-4H3,(H,26,28)/t18-/m0/s1. The van der Waals surface area contributed by atoms with Gasteiger partial charge in [-0.05, 0) is 80.3 Å². The van der Waals surface area contributed by atoms with Gasteiger partial charge in [-0.3, -0.25) is 9.52 Å². The molecule has 7 heteroatoms. The predicted molar refractivity (Wildman–Crippen MR) is 120 cm³/mol. The third-order valence-corrected chi connectivity index (χ3v) is 6.81. The summed E-state index contributed by atoms with van der Waals surface area (Å²) in [5, 5.41) is 2.82. The fourth-order valence-electron chi connectivity index (χ4n) is 3.21. The molecule has 0 aliphatic rings. The van der Waals surface area contributed by atoms with Crippen LogP contribution in [0.15, 0.2) is 65.6 Å². The van der Waals surface area contributed by atoms with E-state index in [1.807, 2.05) is 19.9 Å². The molecular weight excluding hydrogens is 415 g/mol. The summed E-state index contributed by atoms with van der Waals surface area (Å²) in [4.78, 5) is 12.8. The molecule has 0 aromatic heterocycles. The van der Waals surface area contributed by atoms with Crippen LogP contribution in [0.4, 0.5) is 10.1 Å².